The Morgan fingerprint density at radius 1 is 1.47 bits per heavy atom. The van der Waals surface area contributed by atoms with Gasteiger partial charge in [0.2, 0.25) is 0 Å². The molecule has 0 spiro atoms. The molecule has 17 heavy (non-hydrogen) atoms. The van der Waals surface area contributed by atoms with Crippen LogP contribution in [0.1, 0.15) is 24.0 Å². The van der Waals surface area contributed by atoms with Crippen LogP contribution >= 0.6 is 0 Å². The first-order valence-corrected chi connectivity index (χ1v) is 5.57. The molecule has 1 unspecified atom stereocenters. The number of methoxy groups -OCH3 is 1. The molecule has 1 aliphatic carbocycles. The van der Waals surface area contributed by atoms with E-state index in [1.165, 1.54) is 0 Å². The van der Waals surface area contributed by atoms with E-state index in [1.807, 2.05) is 25.1 Å². The Balaban J connectivity index is 2.35. The third kappa shape index (κ3) is 1.89. The Labute approximate surface area is 99.8 Å². The first-order chi connectivity index (χ1) is 8.01. The predicted molar refractivity (Wildman–Crippen MR) is 62.3 cm³/mol. The van der Waals surface area contributed by atoms with E-state index in [-0.39, 0.29) is 0 Å². The first-order valence-electron chi connectivity index (χ1n) is 5.57. The molecule has 0 heterocycles. The molecule has 1 aromatic carbocycles. The SMILES string of the molecule is COc1ccc(C2(C(O)C(=O)O)CC2)cc1C. The van der Waals surface area contributed by atoms with Gasteiger partial charge in [-0.25, -0.2) is 4.79 Å². The van der Waals surface area contributed by atoms with Crippen molar-refractivity contribution in [3.05, 3.63) is 29.3 Å². The molecule has 1 aliphatic rings. The molecule has 0 aromatic heterocycles. The molecule has 1 saturated carbocycles. The van der Waals surface area contributed by atoms with E-state index in [1.54, 1.807) is 7.11 Å². The van der Waals surface area contributed by atoms with Gasteiger partial charge in [0.1, 0.15) is 5.75 Å². The fraction of sp³-hybridized carbons (Fsp3) is 0.462. The molecule has 0 aliphatic heterocycles. The second kappa shape index (κ2) is 4.04. The van der Waals surface area contributed by atoms with Crippen LogP contribution < -0.4 is 4.74 Å². The Morgan fingerprint density at radius 3 is 2.53 bits per heavy atom. The minimum Gasteiger partial charge on any atom is -0.496 e. The van der Waals surface area contributed by atoms with Crippen LogP contribution in [0.15, 0.2) is 18.2 Å². The summed E-state index contributed by atoms with van der Waals surface area (Å²) >= 11 is 0. The average Bonchev–Trinajstić information content (AvgIpc) is 3.09. The number of benzene rings is 1. The topological polar surface area (TPSA) is 66.8 Å². The third-order valence-corrected chi connectivity index (χ3v) is 3.52. The van der Waals surface area contributed by atoms with Gasteiger partial charge < -0.3 is 14.9 Å². The maximum atomic E-state index is 10.9. The van der Waals surface area contributed by atoms with Crippen molar-refractivity contribution < 1.29 is 19.7 Å². The van der Waals surface area contributed by atoms with Crippen molar-refractivity contribution >= 4 is 5.97 Å². The van der Waals surface area contributed by atoms with E-state index >= 15 is 0 Å². The number of ether oxygens (including phenoxy) is 1. The van der Waals surface area contributed by atoms with Crippen molar-refractivity contribution in [2.75, 3.05) is 7.11 Å². The number of aliphatic hydroxyl groups excluding tert-OH is 1. The van der Waals surface area contributed by atoms with Crippen molar-refractivity contribution in [3.63, 3.8) is 0 Å². The molecule has 0 saturated heterocycles. The van der Waals surface area contributed by atoms with Crippen LogP contribution in [0.3, 0.4) is 0 Å². The fourth-order valence-corrected chi connectivity index (χ4v) is 2.28. The summed E-state index contributed by atoms with van der Waals surface area (Å²) < 4.78 is 5.16. The van der Waals surface area contributed by atoms with E-state index in [4.69, 9.17) is 9.84 Å². The summed E-state index contributed by atoms with van der Waals surface area (Å²) in [5.41, 5.74) is 1.24. The van der Waals surface area contributed by atoms with Gasteiger partial charge in [0.05, 0.1) is 7.11 Å². The van der Waals surface area contributed by atoms with Crippen LogP contribution in [0.4, 0.5) is 0 Å². The molecule has 4 heteroatoms. The van der Waals surface area contributed by atoms with Gasteiger partial charge in [0, 0.05) is 5.41 Å². The zero-order valence-electron chi connectivity index (χ0n) is 9.93. The second-order valence-corrected chi connectivity index (χ2v) is 4.58. The number of carboxylic acids is 1. The zero-order valence-corrected chi connectivity index (χ0v) is 9.93. The summed E-state index contributed by atoms with van der Waals surface area (Å²) in [6.45, 7) is 1.91. The van der Waals surface area contributed by atoms with Crippen molar-refractivity contribution in [2.24, 2.45) is 0 Å². The highest BCUT2D eigenvalue weighted by molar-refractivity contribution is 5.75. The number of aliphatic hydroxyl groups is 1. The van der Waals surface area contributed by atoms with Gasteiger partial charge >= 0.3 is 5.97 Å². The lowest BCUT2D eigenvalue weighted by Gasteiger charge is -2.20. The monoisotopic (exact) mass is 236 g/mol. The Kier molecular flexibility index (Phi) is 2.83. The Hall–Kier alpha value is -1.55. The Morgan fingerprint density at radius 2 is 2.12 bits per heavy atom. The van der Waals surface area contributed by atoms with Crippen molar-refractivity contribution in [2.45, 2.75) is 31.3 Å². The average molecular weight is 236 g/mol. The van der Waals surface area contributed by atoms with E-state index < -0.39 is 17.5 Å². The Bertz CT molecular complexity index is 449. The number of rotatable bonds is 4. The number of hydrogen-bond donors (Lipinski definition) is 2. The number of carbonyl (C=O) groups is 1. The number of carboxylic acid groups (broad SMARTS) is 1. The van der Waals surface area contributed by atoms with E-state index in [9.17, 15) is 9.90 Å². The van der Waals surface area contributed by atoms with Gasteiger partial charge in [-0.1, -0.05) is 12.1 Å². The minimum absolute atomic E-state index is 0.594. The molecular formula is C13H16O4. The first kappa shape index (κ1) is 11.9. The van der Waals surface area contributed by atoms with Crippen LogP contribution in [-0.4, -0.2) is 29.4 Å². The molecule has 1 fully saturated rings. The fourth-order valence-electron chi connectivity index (χ4n) is 2.28. The molecule has 0 amide bonds. The third-order valence-electron chi connectivity index (χ3n) is 3.52. The normalized spacial score (nSPS) is 18.5. The molecule has 2 N–H and O–H groups in total. The summed E-state index contributed by atoms with van der Waals surface area (Å²) in [6, 6.07) is 5.56. The van der Waals surface area contributed by atoms with Crippen LogP contribution in [0, 0.1) is 6.92 Å². The summed E-state index contributed by atoms with van der Waals surface area (Å²) in [7, 11) is 1.60. The smallest absolute Gasteiger partial charge is 0.333 e. The van der Waals surface area contributed by atoms with Gasteiger partial charge in [-0.3, -0.25) is 0 Å². The molecule has 4 nitrogen and oxygen atoms in total. The minimum atomic E-state index is -1.32. The summed E-state index contributed by atoms with van der Waals surface area (Å²) in [5.74, 6) is -0.384. The van der Waals surface area contributed by atoms with E-state index in [2.05, 4.69) is 0 Å². The van der Waals surface area contributed by atoms with Gasteiger partial charge in [-0.15, -0.1) is 0 Å². The maximum Gasteiger partial charge on any atom is 0.333 e. The van der Waals surface area contributed by atoms with E-state index in [0.29, 0.717) is 12.8 Å². The molecule has 92 valence electrons. The summed E-state index contributed by atoms with van der Waals surface area (Å²) in [5, 5.41) is 18.7. The van der Waals surface area contributed by atoms with Crippen LogP contribution in [0.2, 0.25) is 0 Å². The van der Waals surface area contributed by atoms with Crippen LogP contribution in [0.5, 0.6) is 5.75 Å². The molecule has 0 bridgehead atoms. The number of hydrogen-bond acceptors (Lipinski definition) is 3. The molecule has 1 aromatic rings. The van der Waals surface area contributed by atoms with Gasteiger partial charge in [-0.2, -0.15) is 0 Å². The summed E-state index contributed by atoms with van der Waals surface area (Å²) in [6.07, 6.45) is 0.105. The highest BCUT2D eigenvalue weighted by atomic mass is 16.5. The highest BCUT2D eigenvalue weighted by Crippen LogP contribution is 2.51. The van der Waals surface area contributed by atoms with Crippen molar-refractivity contribution in [1.82, 2.24) is 0 Å². The quantitative estimate of drug-likeness (QED) is 0.831. The van der Waals surface area contributed by atoms with Gasteiger partial charge in [0.25, 0.3) is 0 Å². The lowest BCUT2D eigenvalue weighted by Crippen LogP contribution is -2.33. The van der Waals surface area contributed by atoms with Crippen LogP contribution in [-0.2, 0) is 10.2 Å². The lowest BCUT2D eigenvalue weighted by atomic mass is 9.89. The van der Waals surface area contributed by atoms with Crippen molar-refractivity contribution in [3.8, 4) is 5.75 Å². The predicted octanol–water partition coefficient (Wildman–Crippen LogP) is 1.48. The van der Waals surface area contributed by atoms with Crippen molar-refractivity contribution in [1.29, 1.82) is 0 Å². The van der Waals surface area contributed by atoms with Gasteiger partial charge in [0.15, 0.2) is 6.10 Å². The molecular weight excluding hydrogens is 220 g/mol. The maximum absolute atomic E-state index is 10.9. The number of aliphatic carboxylic acids is 1. The molecule has 1 atom stereocenters. The highest BCUT2D eigenvalue weighted by Gasteiger charge is 2.53. The van der Waals surface area contributed by atoms with Gasteiger partial charge in [-0.05, 0) is 37.0 Å². The second-order valence-electron chi connectivity index (χ2n) is 4.58. The lowest BCUT2D eigenvalue weighted by molar-refractivity contribution is -0.148. The molecule has 0 radical (unpaired) electrons. The standard InChI is InChI=1S/C13H16O4/c1-8-7-9(3-4-10(8)17-2)13(5-6-13)11(14)12(15)16/h3-4,7,11,14H,5-6H2,1-2H3,(H,15,16). The summed E-state index contributed by atoms with van der Waals surface area (Å²) in [4.78, 5) is 10.9. The number of aryl methyl sites for hydroxylation is 1. The van der Waals surface area contributed by atoms with E-state index in [0.717, 1.165) is 16.9 Å². The molecule has 2 rings (SSSR count). The zero-order chi connectivity index (χ0) is 12.6. The largest absolute Gasteiger partial charge is 0.496 e. The van der Waals surface area contributed by atoms with Crippen LogP contribution in [0.25, 0.3) is 0 Å².